The van der Waals surface area contributed by atoms with Crippen LogP contribution in [0, 0.1) is 0 Å². The van der Waals surface area contributed by atoms with E-state index >= 15 is 0 Å². The Hall–Kier alpha value is -4.50. The highest BCUT2D eigenvalue weighted by Crippen LogP contribution is 2.34. The largest absolute Gasteiger partial charge is 0.337 e. The third kappa shape index (κ3) is 4.66. The van der Waals surface area contributed by atoms with E-state index in [0.29, 0.717) is 24.4 Å². The minimum Gasteiger partial charge on any atom is -0.322 e. The first-order chi connectivity index (χ1) is 19.9. The van der Waals surface area contributed by atoms with Crippen LogP contribution in [0.4, 0.5) is 0 Å². The van der Waals surface area contributed by atoms with Crippen LogP contribution in [0.2, 0.25) is 0 Å². The highest BCUT2D eigenvalue weighted by molar-refractivity contribution is 6.05. The second kappa shape index (κ2) is 10.2. The molecule has 0 radical (unpaired) electrons. The molecule has 0 bridgehead atoms. The summed E-state index contributed by atoms with van der Waals surface area (Å²) < 4.78 is 3.40. The first-order valence-corrected chi connectivity index (χ1v) is 14.2. The molecule has 2 aromatic heterocycles. The Morgan fingerprint density at radius 1 is 0.854 bits per heavy atom. The lowest BCUT2D eigenvalue weighted by Gasteiger charge is -2.32. The van der Waals surface area contributed by atoms with E-state index in [2.05, 4.69) is 28.4 Å². The van der Waals surface area contributed by atoms with Gasteiger partial charge in [-0.15, -0.1) is 0 Å². The van der Waals surface area contributed by atoms with Gasteiger partial charge in [-0.1, -0.05) is 36.4 Å². The number of amides is 3. The molecule has 9 heteroatoms. The molecule has 3 amide bonds. The Labute approximate surface area is 237 Å². The van der Waals surface area contributed by atoms with Crippen LogP contribution in [0.25, 0.3) is 11.2 Å². The number of hydrogen-bond donors (Lipinski definition) is 1. The molecule has 41 heavy (non-hydrogen) atoms. The van der Waals surface area contributed by atoms with E-state index in [9.17, 15) is 19.2 Å². The molecule has 1 atom stereocenters. The predicted molar refractivity (Wildman–Crippen MR) is 153 cm³/mol. The average molecular weight is 550 g/mol. The van der Waals surface area contributed by atoms with Crippen molar-refractivity contribution in [2.75, 3.05) is 13.1 Å². The summed E-state index contributed by atoms with van der Waals surface area (Å²) in [7, 11) is 0. The molecule has 0 saturated carbocycles. The Balaban J connectivity index is 1.00. The highest BCUT2D eigenvalue weighted by atomic mass is 16.2. The molecule has 3 aliphatic heterocycles. The van der Waals surface area contributed by atoms with Crippen LogP contribution in [0.1, 0.15) is 58.6 Å². The number of nitrogens with zero attached hydrogens (tertiary/aromatic N) is 4. The summed E-state index contributed by atoms with van der Waals surface area (Å²) >= 11 is 0. The molecular formula is C32H31N5O4. The highest BCUT2D eigenvalue weighted by Gasteiger charge is 2.39. The van der Waals surface area contributed by atoms with E-state index in [1.165, 1.54) is 5.56 Å². The molecule has 3 aliphatic rings. The van der Waals surface area contributed by atoms with Gasteiger partial charge in [-0.3, -0.25) is 33.6 Å². The summed E-state index contributed by atoms with van der Waals surface area (Å²) in [5, 5.41) is 2.36. The monoisotopic (exact) mass is 549 g/mol. The van der Waals surface area contributed by atoms with Crippen LogP contribution in [-0.2, 0) is 22.7 Å². The van der Waals surface area contributed by atoms with Gasteiger partial charge >= 0.3 is 5.69 Å². The SMILES string of the molecule is O=C1CCC(N2Cc3cc(C4CCN(Cc5ccc6cn(-c7ccccc7)c(=O)n6c5)CC4)ccc3C2=O)C(=O)N1. The normalized spacial score (nSPS) is 20.0. The Kier molecular flexibility index (Phi) is 6.31. The van der Waals surface area contributed by atoms with Crippen molar-refractivity contribution in [3.05, 3.63) is 106 Å². The number of hydrogen-bond acceptors (Lipinski definition) is 5. The fraction of sp³-hybridized carbons (Fsp3) is 0.312. The molecule has 1 N–H and O–H groups in total. The summed E-state index contributed by atoms with van der Waals surface area (Å²) in [4.78, 5) is 54.0. The predicted octanol–water partition coefficient (Wildman–Crippen LogP) is 3.23. The number of rotatable bonds is 5. The van der Waals surface area contributed by atoms with E-state index in [1.807, 2.05) is 54.9 Å². The number of piperidine rings is 2. The standard InChI is InChI=1S/C32H31N5O4/c38-29-11-10-28(30(39)33-29)37-19-24-16-23(7-9-27(24)31(37)40)22-12-14-34(15-13-22)17-21-6-8-26-20-36(32(41)35(26)18-21)25-4-2-1-3-5-25/h1-9,16,18,20,22,28H,10-15,17,19H2,(H,33,38,39). The molecule has 208 valence electrons. The zero-order valence-electron chi connectivity index (χ0n) is 22.7. The third-order valence-electron chi connectivity index (χ3n) is 8.76. The second-order valence-corrected chi connectivity index (χ2v) is 11.3. The van der Waals surface area contributed by atoms with Crippen molar-refractivity contribution in [1.29, 1.82) is 0 Å². The van der Waals surface area contributed by atoms with Crippen molar-refractivity contribution in [1.82, 2.24) is 24.1 Å². The summed E-state index contributed by atoms with van der Waals surface area (Å²) in [5.74, 6) is -0.388. The van der Waals surface area contributed by atoms with Crippen molar-refractivity contribution in [3.8, 4) is 5.69 Å². The Bertz CT molecular complexity index is 1730. The van der Waals surface area contributed by atoms with Crippen LogP contribution in [0.15, 0.2) is 77.9 Å². The van der Waals surface area contributed by atoms with Gasteiger partial charge in [0, 0.05) is 37.5 Å². The molecule has 2 fully saturated rings. The molecule has 0 spiro atoms. The maximum Gasteiger partial charge on any atom is 0.337 e. The maximum absolute atomic E-state index is 13.1. The molecule has 5 heterocycles. The van der Waals surface area contributed by atoms with Crippen LogP contribution < -0.4 is 11.0 Å². The number of pyridine rings is 1. The van der Waals surface area contributed by atoms with Gasteiger partial charge in [0.2, 0.25) is 11.8 Å². The fourth-order valence-corrected chi connectivity index (χ4v) is 6.53. The number of carbonyl (C=O) groups is 3. The van der Waals surface area contributed by atoms with Crippen LogP contribution in [0.5, 0.6) is 0 Å². The lowest BCUT2D eigenvalue weighted by atomic mass is 9.88. The van der Waals surface area contributed by atoms with Gasteiger partial charge in [0.1, 0.15) is 6.04 Å². The van der Waals surface area contributed by atoms with Crippen molar-refractivity contribution >= 4 is 23.2 Å². The molecule has 1 unspecified atom stereocenters. The molecule has 2 aromatic carbocycles. The minimum absolute atomic E-state index is 0.0713. The maximum atomic E-state index is 13.1. The van der Waals surface area contributed by atoms with Gasteiger partial charge in [0.25, 0.3) is 5.91 Å². The summed E-state index contributed by atoms with van der Waals surface area (Å²) in [5.41, 5.74) is 5.60. The second-order valence-electron chi connectivity index (χ2n) is 11.3. The zero-order chi connectivity index (χ0) is 28.1. The van der Waals surface area contributed by atoms with Crippen LogP contribution in [0.3, 0.4) is 0 Å². The summed E-state index contributed by atoms with van der Waals surface area (Å²) in [6.45, 7) is 3.08. The number of aromatic nitrogens is 2. The first-order valence-electron chi connectivity index (χ1n) is 14.2. The lowest BCUT2D eigenvalue weighted by molar-refractivity contribution is -0.136. The van der Waals surface area contributed by atoms with Gasteiger partial charge in [-0.2, -0.15) is 0 Å². The molecule has 7 rings (SSSR count). The van der Waals surface area contributed by atoms with Gasteiger partial charge in [0.15, 0.2) is 0 Å². The number of para-hydroxylation sites is 1. The summed E-state index contributed by atoms with van der Waals surface area (Å²) in [6, 6.07) is 19.3. The van der Waals surface area contributed by atoms with Crippen LogP contribution >= 0.6 is 0 Å². The molecular weight excluding hydrogens is 518 g/mol. The van der Waals surface area contributed by atoms with Crippen molar-refractivity contribution in [3.63, 3.8) is 0 Å². The molecule has 4 aromatic rings. The topological polar surface area (TPSA) is 96.1 Å². The Morgan fingerprint density at radius 2 is 1.66 bits per heavy atom. The van der Waals surface area contributed by atoms with Gasteiger partial charge in [-0.05, 0) is 79.2 Å². The molecule has 0 aliphatic carbocycles. The minimum atomic E-state index is -0.591. The van der Waals surface area contributed by atoms with Crippen molar-refractivity contribution in [2.45, 2.75) is 50.7 Å². The van der Waals surface area contributed by atoms with E-state index < -0.39 is 6.04 Å². The number of fused-ring (bicyclic) bond motifs is 2. The molecule has 9 nitrogen and oxygen atoms in total. The fourth-order valence-electron chi connectivity index (χ4n) is 6.53. The number of imide groups is 1. The quantitative estimate of drug-likeness (QED) is 0.386. The lowest BCUT2D eigenvalue weighted by Crippen LogP contribution is -2.52. The van der Waals surface area contributed by atoms with Gasteiger partial charge in [-0.25, -0.2) is 4.79 Å². The third-order valence-corrected chi connectivity index (χ3v) is 8.76. The average Bonchev–Trinajstić information content (AvgIpc) is 3.49. The van der Waals surface area contributed by atoms with E-state index in [1.54, 1.807) is 13.9 Å². The number of carbonyl (C=O) groups excluding carboxylic acids is 3. The van der Waals surface area contributed by atoms with Gasteiger partial charge in [0.05, 0.1) is 11.2 Å². The van der Waals surface area contributed by atoms with E-state index in [4.69, 9.17) is 0 Å². The van der Waals surface area contributed by atoms with Gasteiger partial charge < -0.3 is 4.90 Å². The summed E-state index contributed by atoms with van der Waals surface area (Å²) in [6.07, 6.45) is 6.48. The molecule has 2 saturated heterocycles. The number of benzene rings is 2. The first kappa shape index (κ1) is 25.5. The van der Waals surface area contributed by atoms with E-state index in [-0.39, 0.29) is 29.8 Å². The van der Waals surface area contributed by atoms with E-state index in [0.717, 1.165) is 54.8 Å². The zero-order valence-corrected chi connectivity index (χ0v) is 22.7. The smallest absolute Gasteiger partial charge is 0.322 e. The number of nitrogens with one attached hydrogen (secondary N) is 1. The van der Waals surface area contributed by atoms with Crippen molar-refractivity contribution < 1.29 is 14.4 Å². The number of imidazole rings is 1. The van der Waals surface area contributed by atoms with Crippen molar-refractivity contribution in [2.24, 2.45) is 0 Å². The number of likely N-dealkylation sites (tertiary alicyclic amines) is 1. The Morgan fingerprint density at radius 3 is 2.44 bits per heavy atom. The van der Waals surface area contributed by atoms with Crippen LogP contribution in [-0.4, -0.2) is 55.6 Å².